The smallest absolute Gasteiger partial charge is 0.159 e. The molecule has 0 saturated carbocycles. The molecule has 2 rings (SSSR count). The summed E-state index contributed by atoms with van der Waals surface area (Å²) in [5, 5.41) is 0.670. The third kappa shape index (κ3) is 2.65. The summed E-state index contributed by atoms with van der Waals surface area (Å²) >= 11 is 9.33. The number of aromatic nitrogens is 2. The van der Waals surface area contributed by atoms with E-state index in [1.807, 2.05) is 25.1 Å². The lowest BCUT2D eigenvalue weighted by Crippen LogP contribution is -2.03. The normalized spacial score (nSPS) is 10.6. The first kappa shape index (κ1) is 12.5. The van der Waals surface area contributed by atoms with Crippen molar-refractivity contribution in [3.8, 4) is 11.4 Å². The molecule has 0 fully saturated rings. The van der Waals surface area contributed by atoms with Crippen LogP contribution in [-0.2, 0) is 6.54 Å². The Hall–Kier alpha value is -0.970. The number of nitrogens with two attached hydrogens (primary N) is 1. The second-order valence-electron chi connectivity index (χ2n) is 3.64. The zero-order valence-corrected chi connectivity index (χ0v) is 11.6. The minimum atomic E-state index is 0.455. The lowest BCUT2D eigenvalue weighted by atomic mass is 10.2. The number of aryl methyl sites for hydroxylation is 1. The average molecular weight is 313 g/mol. The van der Waals surface area contributed by atoms with Crippen LogP contribution in [0.3, 0.4) is 0 Å². The summed E-state index contributed by atoms with van der Waals surface area (Å²) in [7, 11) is 0. The number of benzene rings is 1. The van der Waals surface area contributed by atoms with Crippen LogP contribution in [0.1, 0.15) is 11.3 Å². The summed E-state index contributed by atoms with van der Waals surface area (Å²) in [5.74, 6) is 0.678. The van der Waals surface area contributed by atoms with Crippen molar-refractivity contribution in [2.75, 3.05) is 0 Å². The molecule has 0 saturated heterocycles. The van der Waals surface area contributed by atoms with Gasteiger partial charge in [0.15, 0.2) is 5.82 Å². The molecule has 0 amide bonds. The van der Waals surface area contributed by atoms with Crippen LogP contribution in [0.4, 0.5) is 0 Å². The molecule has 3 nitrogen and oxygen atoms in total. The minimum absolute atomic E-state index is 0.455. The Bertz CT molecular complexity index is 557. The molecule has 17 heavy (non-hydrogen) atoms. The van der Waals surface area contributed by atoms with Crippen molar-refractivity contribution in [3.63, 3.8) is 0 Å². The van der Waals surface area contributed by atoms with Gasteiger partial charge in [0.05, 0.1) is 5.02 Å². The van der Waals surface area contributed by atoms with Crippen LogP contribution in [0.2, 0.25) is 5.02 Å². The molecule has 1 aromatic carbocycles. The monoisotopic (exact) mass is 311 g/mol. The Morgan fingerprint density at radius 1 is 1.41 bits per heavy atom. The predicted octanol–water partition coefficient (Wildman–Crippen LogP) is 3.33. The van der Waals surface area contributed by atoms with Crippen molar-refractivity contribution in [2.24, 2.45) is 5.73 Å². The summed E-state index contributed by atoms with van der Waals surface area (Å²) in [6.45, 7) is 2.38. The van der Waals surface area contributed by atoms with E-state index in [1.54, 1.807) is 6.20 Å². The van der Waals surface area contributed by atoms with Gasteiger partial charge in [-0.3, -0.25) is 0 Å². The third-order valence-corrected chi connectivity index (χ3v) is 3.69. The molecule has 0 atom stereocenters. The summed E-state index contributed by atoms with van der Waals surface area (Å²) < 4.78 is 0.834. The number of hydrogen-bond donors (Lipinski definition) is 1. The van der Waals surface area contributed by atoms with Crippen LogP contribution in [0.5, 0.6) is 0 Å². The van der Waals surface area contributed by atoms with E-state index in [0.29, 0.717) is 17.4 Å². The molecule has 0 aliphatic carbocycles. The van der Waals surface area contributed by atoms with E-state index in [4.69, 9.17) is 17.3 Å². The predicted molar refractivity (Wildman–Crippen MR) is 72.8 cm³/mol. The fourth-order valence-electron chi connectivity index (χ4n) is 1.47. The Morgan fingerprint density at radius 3 is 2.76 bits per heavy atom. The van der Waals surface area contributed by atoms with Crippen LogP contribution in [-0.4, -0.2) is 9.97 Å². The number of hydrogen-bond acceptors (Lipinski definition) is 3. The van der Waals surface area contributed by atoms with Gasteiger partial charge >= 0.3 is 0 Å². The van der Waals surface area contributed by atoms with E-state index in [0.717, 1.165) is 21.3 Å². The van der Waals surface area contributed by atoms with Crippen molar-refractivity contribution < 1.29 is 0 Å². The van der Waals surface area contributed by atoms with Gasteiger partial charge in [-0.25, -0.2) is 9.97 Å². The van der Waals surface area contributed by atoms with Crippen LogP contribution < -0.4 is 5.73 Å². The van der Waals surface area contributed by atoms with E-state index < -0.39 is 0 Å². The average Bonchev–Trinajstić information content (AvgIpc) is 2.32. The highest BCUT2D eigenvalue weighted by Gasteiger charge is 2.06. The molecular formula is C12H11BrClN3. The van der Waals surface area contributed by atoms with Crippen LogP contribution in [0.25, 0.3) is 11.4 Å². The first-order chi connectivity index (χ1) is 8.11. The van der Waals surface area contributed by atoms with Gasteiger partial charge in [-0.05, 0) is 41.1 Å². The fraction of sp³-hybridized carbons (Fsp3) is 0.167. The van der Waals surface area contributed by atoms with Crippen LogP contribution >= 0.6 is 27.5 Å². The van der Waals surface area contributed by atoms with E-state index in [-0.39, 0.29) is 0 Å². The molecule has 0 bridgehead atoms. The maximum absolute atomic E-state index is 5.94. The van der Waals surface area contributed by atoms with E-state index in [1.165, 1.54) is 0 Å². The van der Waals surface area contributed by atoms with Crippen molar-refractivity contribution in [3.05, 3.63) is 45.1 Å². The van der Waals surface area contributed by atoms with E-state index in [9.17, 15) is 0 Å². The molecule has 5 heteroatoms. The summed E-state index contributed by atoms with van der Waals surface area (Å²) in [6.07, 6.45) is 1.76. The van der Waals surface area contributed by atoms with Gasteiger partial charge in [0.1, 0.15) is 0 Å². The van der Waals surface area contributed by atoms with Gasteiger partial charge in [-0.15, -0.1) is 0 Å². The standard InChI is InChI=1S/C12H11BrClN3/c1-7-9(5-15)6-16-12(17-7)8-2-3-11(14)10(13)4-8/h2-4,6H,5,15H2,1H3. The van der Waals surface area contributed by atoms with Crippen molar-refractivity contribution in [1.29, 1.82) is 0 Å². The molecule has 0 aliphatic rings. The highest BCUT2D eigenvalue weighted by atomic mass is 79.9. The molecule has 2 aromatic rings. The maximum atomic E-state index is 5.94. The fourth-order valence-corrected chi connectivity index (χ4v) is 1.96. The lowest BCUT2D eigenvalue weighted by Gasteiger charge is -2.06. The lowest BCUT2D eigenvalue weighted by molar-refractivity contribution is 0.973. The number of rotatable bonds is 2. The van der Waals surface area contributed by atoms with Gasteiger partial charge in [0.2, 0.25) is 0 Å². The molecule has 88 valence electrons. The molecule has 1 aromatic heterocycles. The van der Waals surface area contributed by atoms with Gasteiger partial charge in [0.25, 0.3) is 0 Å². The quantitative estimate of drug-likeness (QED) is 0.925. The topological polar surface area (TPSA) is 51.8 Å². The number of halogens is 2. The Kier molecular flexibility index (Phi) is 3.76. The van der Waals surface area contributed by atoms with Gasteiger partial charge < -0.3 is 5.73 Å². The largest absolute Gasteiger partial charge is 0.326 e. The molecular weight excluding hydrogens is 302 g/mol. The first-order valence-electron chi connectivity index (χ1n) is 5.10. The molecule has 0 unspecified atom stereocenters. The molecule has 2 N–H and O–H groups in total. The van der Waals surface area contributed by atoms with Gasteiger partial charge in [0, 0.05) is 34.0 Å². The second kappa shape index (κ2) is 5.12. The Labute approximate surface area is 113 Å². The summed E-state index contributed by atoms with van der Waals surface area (Å²) in [5.41, 5.74) is 8.37. The molecule has 0 aliphatic heterocycles. The van der Waals surface area contributed by atoms with Gasteiger partial charge in [-0.1, -0.05) is 11.6 Å². The molecule has 0 spiro atoms. The number of nitrogens with zero attached hydrogens (tertiary/aromatic N) is 2. The minimum Gasteiger partial charge on any atom is -0.326 e. The van der Waals surface area contributed by atoms with E-state index in [2.05, 4.69) is 25.9 Å². The zero-order chi connectivity index (χ0) is 12.4. The SMILES string of the molecule is Cc1nc(-c2ccc(Cl)c(Br)c2)ncc1CN. The summed E-state index contributed by atoms with van der Waals surface area (Å²) in [6, 6.07) is 5.61. The van der Waals surface area contributed by atoms with Crippen LogP contribution in [0.15, 0.2) is 28.9 Å². The second-order valence-corrected chi connectivity index (χ2v) is 4.90. The van der Waals surface area contributed by atoms with E-state index >= 15 is 0 Å². The maximum Gasteiger partial charge on any atom is 0.159 e. The zero-order valence-electron chi connectivity index (χ0n) is 9.24. The molecule has 0 radical (unpaired) electrons. The Balaban J connectivity index is 2.46. The van der Waals surface area contributed by atoms with Crippen molar-refractivity contribution >= 4 is 27.5 Å². The summed E-state index contributed by atoms with van der Waals surface area (Å²) in [4.78, 5) is 8.73. The van der Waals surface area contributed by atoms with Crippen molar-refractivity contribution in [1.82, 2.24) is 9.97 Å². The van der Waals surface area contributed by atoms with Crippen LogP contribution in [0, 0.1) is 6.92 Å². The Morgan fingerprint density at radius 2 is 2.18 bits per heavy atom. The molecule has 1 heterocycles. The highest BCUT2D eigenvalue weighted by Crippen LogP contribution is 2.27. The van der Waals surface area contributed by atoms with Crippen molar-refractivity contribution in [2.45, 2.75) is 13.5 Å². The third-order valence-electron chi connectivity index (χ3n) is 2.48. The van der Waals surface area contributed by atoms with Gasteiger partial charge in [-0.2, -0.15) is 0 Å². The highest BCUT2D eigenvalue weighted by molar-refractivity contribution is 9.10. The first-order valence-corrected chi connectivity index (χ1v) is 6.27.